The average molecular weight is 1010 g/mol. The standard InChI is InChI=1S/C51H91NO18/c1-3-5-7-9-11-13-14-15-16-17-18-19-21-23-25-27-29-39(57)52-34(35(56)28-26-24-22-20-12-10-8-6-4-2)33-65-49-45(63)42(60)47(37(31-54)67-49)70-51-46(64)43(61)48(38(32-55)68-51)69-50-44(62)41(59)40(58)36(30-53)66-50/h13-14,16-17,26,28,34-38,40-51,53-56,58-64H,3-12,15,18-25,27,29-33H2,1-2H3,(H,52,57)/b14-13-,17-16-,28-26+. The zero-order valence-electron chi connectivity index (χ0n) is 41.7. The number of carbonyl (C=O) groups is 1. The molecule has 3 saturated heterocycles. The van der Waals surface area contributed by atoms with Gasteiger partial charge in [0, 0.05) is 6.42 Å². The van der Waals surface area contributed by atoms with Crippen LogP contribution in [0.25, 0.3) is 0 Å². The van der Waals surface area contributed by atoms with Crippen molar-refractivity contribution >= 4 is 5.91 Å². The maximum absolute atomic E-state index is 13.2. The predicted molar refractivity (Wildman–Crippen MR) is 259 cm³/mol. The molecule has 408 valence electrons. The number of aliphatic hydroxyl groups excluding tert-OH is 11. The molecule has 17 atom stereocenters. The van der Waals surface area contributed by atoms with Gasteiger partial charge in [0.2, 0.25) is 5.91 Å². The second kappa shape index (κ2) is 36.0. The van der Waals surface area contributed by atoms with E-state index < -0.39 is 124 Å². The molecule has 3 heterocycles. The van der Waals surface area contributed by atoms with E-state index in [1.165, 1.54) is 51.4 Å². The van der Waals surface area contributed by atoms with Gasteiger partial charge < -0.3 is 89.9 Å². The van der Waals surface area contributed by atoms with E-state index in [0.29, 0.717) is 6.42 Å². The van der Waals surface area contributed by atoms with Crippen LogP contribution in [-0.2, 0) is 33.2 Å². The van der Waals surface area contributed by atoms with Crippen LogP contribution in [-0.4, -0.2) is 193 Å². The van der Waals surface area contributed by atoms with Gasteiger partial charge in [-0.05, 0) is 51.4 Å². The molecule has 0 saturated carbocycles. The Morgan fingerprint density at radius 1 is 0.514 bits per heavy atom. The maximum atomic E-state index is 13.2. The largest absolute Gasteiger partial charge is 0.394 e. The molecule has 12 N–H and O–H groups in total. The first-order chi connectivity index (χ1) is 33.8. The lowest BCUT2D eigenvalue weighted by atomic mass is 9.96. The highest BCUT2D eigenvalue weighted by molar-refractivity contribution is 5.76. The number of amides is 1. The lowest BCUT2D eigenvalue weighted by molar-refractivity contribution is -0.379. The minimum absolute atomic E-state index is 0.226. The van der Waals surface area contributed by atoms with Crippen molar-refractivity contribution in [1.29, 1.82) is 0 Å². The van der Waals surface area contributed by atoms with E-state index in [2.05, 4.69) is 43.5 Å². The van der Waals surface area contributed by atoms with Crippen molar-refractivity contribution in [3.8, 4) is 0 Å². The molecule has 1 amide bonds. The Labute approximate surface area is 415 Å². The summed E-state index contributed by atoms with van der Waals surface area (Å²) < 4.78 is 34.1. The highest BCUT2D eigenvalue weighted by Gasteiger charge is 2.53. The van der Waals surface area contributed by atoms with E-state index in [-0.39, 0.29) is 18.9 Å². The van der Waals surface area contributed by atoms with Gasteiger partial charge in [-0.25, -0.2) is 0 Å². The molecule has 0 aliphatic carbocycles. The third-order valence-corrected chi connectivity index (χ3v) is 13.2. The molecule has 3 rings (SSSR count). The Hall–Kier alpha value is -1.99. The molecule has 0 aromatic heterocycles. The van der Waals surface area contributed by atoms with Gasteiger partial charge in [0.15, 0.2) is 18.9 Å². The van der Waals surface area contributed by atoms with E-state index in [1.54, 1.807) is 6.08 Å². The Morgan fingerprint density at radius 2 is 0.943 bits per heavy atom. The van der Waals surface area contributed by atoms with Crippen LogP contribution in [0.5, 0.6) is 0 Å². The van der Waals surface area contributed by atoms with E-state index in [0.717, 1.165) is 70.6 Å². The van der Waals surface area contributed by atoms with Crippen molar-refractivity contribution in [2.24, 2.45) is 0 Å². The van der Waals surface area contributed by atoms with Gasteiger partial charge in [-0.2, -0.15) is 0 Å². The first-order valence-electron chi connectivity index (χ1n) is 26.2. The number of carbonyl (C=O) groups excluding carboxylic acids is 1. The lowest BCUT2D eigenvalue weighted by Gasteiger charge is -2.48. The molecule has 0 aromatic carbocycles. The number of nitrogens with one attached hydrogen (secondary N) is 1. The van der Waals surface area contributed by atoms with Gasteiger partial charge in [-0.15, -0.1) is 0 Å². The highest BCUT2D eigenvalue weighted by Crippen LogP contribution is 2.33. The first-order valence-corrected chi connectivity index (χ1v) is 26.2. The smallest absolute Gasteiger partial charge is 0.220 e. The maximum Gasteiger partial charge on any atom is 0.220 e. The Balaban J connectivity index is 1.55. The second-order valence-corrected chi connectivity index (χ2v) is 19.0. The molecule has 3 aliphatic heterocycles. The van der Waals surface area contributed by atoms with Gasteiger partial charge in [0.25, 0.3) is 0 Å². The minimum atomic E-state index is -1.98. The molecule has 19 nitrogen and oxygen atoms in total. The van der Waals surface area contributed by atoms with Crippen molar-refractivity contribution in [3.63, 3.8) is 0 Å². The Morgan fingerprint density at radius 3 is 1.47 bits per heavy atom. The summed E-state index contributed by atoms with van der Waals surface area (Å²) in [5, 5.41) is 119. The molecule has 70 heavy (non-hydrogen) atoms. The van der Waals surface area contributed by atoms with Crippen LogP contribution in [0.15, 0.2) is 36.5 Å². The molecule has 19 heteroatoms. The van der Waals surface area contributed by atoms with E-state index >= 15 is 0 Å². The molecule has 3 fully saturated rings. The molecule has 0 bridgehead atoms. The van der Waals surface area contributed by atoms with Crippen molar-refractivity contribution < 1.29 is 89.4 Å². The Kier molecular flexibility index (Phi) is 32.1. The zero-order chi connectivity index (χ0) is 51.3. The second-order valence-electron chi connectivity index (χ2n) is 19.0. The van der Waals surface area contributed by atoms with Crippen LogP contribution in [0.1, 0.15) is 149 Å². The predicted octanol–water partition coefficient (Wildman–Crippen LogP) is 2.20. The molecular formula is C51H91NO18. The van der Waals surface area contributed by atoms with Gasteiger partial charge in [-0.3, -0.25) is 4.79 Å². The van der Waals surface area contributed by atoms with Gasteiger partial charge in [-0.1, -0.05) is 127 Å². The monoisotopic (exact) mass is 1010 g/mol. The van der Waals surface area contributed by atoms with Gasteiger partial charge in [0.1, 0.15) is 73.2 Å². The molecule has 0 aromatic rings. The number of rotatable bonds is 36. The summed E-state index contributed by atoms with van der Waals surface area (Å²) in [6, 6.07) is -0.976. The summed E-state index contributed by atoms with van der Waals surface area (Å²) in [5.41, 5.74) is 0. The minimum Gasteiger partial charge on any atom is -0.394 e. The third kappa shape index (κ3) is 21.5. The molecule has 0 radical (unpaired) electrons. The lowest BCUT2D eigenvalue weighted by Crippen LogP contribution is -2.66. The Bertz CT molecular complexity index is 1440. The summed E-state index contributed by atoms with van der Waals surface area (Å²) in [6.45, 7) is 1.61. The molecule has 3 aliphatic rings. The number of allylic oxidation sites excluding steroid dienone is 5. The zero-order valence-corrected chi connectivity index (χ0v) is 41.7. The summed E-state index contributed by atoms with van der Waals surface area (Å²) in [4.78, 5) is 13.2. The topological polar surface area (TPSA) is 307 Å². The number of unbranched alkanes of at least 4 members (excludes halogenated alkanes) is 16. The van der Waals surface area contributed by atoms with E-state index in [4.69, 9.17) is 28.4 Å². The van der Waals surface area contributed by atoms with Crippen LogP contribution >= 0.6 is 0 Å². The number of hydrogen-bond acceptors (Lipinski definition) is 18. The summed E-state index contributed by atoms with van der Waals surface area (Å²) in [6.07, 6.45) is 7.29. The van der Waals surface area contributed by atoms with Crippen LogP contribution in [0, 0.1) is 0 Å². The van der Waals surface area contributed by atoms with Gasteiger partial charge >= 0.3 is 0 Å². The van der Waals surface area contributed by atoms with Crippen molar-refractivity contribution in [2.75, 3.05) is 26.4 Å². The molecule has 17 unspecified atom stereocenters. The van der Waals surface area contributed by atoms with Crippen molar-refractivity contribution in [2.45, 2.75) is 253 Å². The van der Waals surface area contributed by atoms with Crippen molar-refractivity contribution in [1.82, 2.24) is 5.32 Å². The van der Waals surface area contributed by atoms with Gasteiger partial charge in [0.05, 0.1) is 38.6 Å². The molecule has 0 spiro atoms. The number of ether oxygens (including phenoxy) is 6. The van der Waals surface area contributed by atoms with Crippen LogP contribution in [0.4, 0.5) is 0 Å². The highest BCUT2D eigenvalue weighted by atomic mass is 16.8. The quantitative estimate of drug-likeness (QED) is 0.0316. The summed E-state index contributed by atoms with van der Waals surface area (Å²) in [5.74, 6) is -0.295. The van der Waals surface area contributed by atoms with Crippen LogP contribution in [0.2, 0.25) is 0 Å². The van der Waals surface area contributed by atoms with Crippen molar-refractivity contribution in [3.05, 3.63) is 36.5 Å². The SMILES string of the molecule is CCCCCC/C=C\C/C=C\CCCCCCCC(=O)NC(COC1OC(CO)C(OC2OC(CO)C(OC3OC(CO)C(O)C(O)C3O)C(O)C2O)C(O)C1O)C(O)/C=C/CCCCCCCCC. The normalized spacial score (nSPS) is 32.8. The summed E-state index contributed by atoms with van der Waals surface area (Å²) in [7, 11) is 0. The van der Waals surface area contributed by atoms with E-state index in [9.17, 15) is 61.0 Å². The van der Waals surface area contributed by atoms with Crippen LogP contribution in [0.3, 0.4) is 0 Å². The van der Waals surface area contributed by atoms with Crippen LogP contribution < -0.4 is 5.32 Å². The number of aliphatic hydroxyl groups is 11. The first kappa shape index (κ1) is 62.3. The fourth-order valence-corrected chi connectivity index (χ4v) is 8.75. The van der Waals surface area contributed by atoms with E-state index in [1.807, 2.05) is 6.08 Å². The average Bonchev–Trinajstić information content (AvgIpc) is 3.35. The summed E-state index contributed by atoms with van der Waals surface area (Å²) >= 11 is 0. The number of hydrogen-bond donors (Lipinski definition) is 12. The fourth-order valence-electron chi connectivity index (χ4n) is 8.75. The fraction of sp³-hybridized carbons (Fsp3) is 0.863. The molecular weight excluding hydrogens is 915 g/mol. The third-order valence-electron chi connectivity index (χ3n) is 13.2.